The minimum absolute atomic E-state index is 0.00690. The Bertz CT molecular complexity index is 486. The second kappa shape index (κ2) is 8.36. The van der Waals surface area contributed by atoms with E-state index in [1.165, 1.54) is 0 Å². The maximum atomic E-state index is 12.1. The van der Waals surface area contributed by atoms with E-state index in [0.717, 1.165) is 17.7 Å². The number of rotatable bonds is 9. The molecule has 1 rings (SSSR count). The lowest BCUT2D eigenvalue weighted by Gasteiger charge is -2.16. The standard InChI is InChI=1S/C14H24N2O3S/c1-4-14(10-19-3)16-20(17,18)11-13-7-5-12(6-8-13)9-15-2/h5-8,14-16H,4,9-11H2,1-3H3. The molecule has 0 aliphatic heterocycles. The first-order valence-corrected chi connectivity index (χ1v) is 8.37. The van der Waals surface area contributed by atoms with Gasteiger partial charge in [-0.2, -0.15) is 0 Å². The van der Waals surface area contributed by atoms with Gasteiger partial charge in [0.05, 0.1) is 12.4 Å². The van der Waals surface area contributed by atoms with E-state index in [1.807, 2.05) is 38.2 Å². The van der Waals surface area contributed by atoms with Crippen molar-refractivity contribution in [3.63, 3.8) is 0 Å². The SMILES string of the molecule is CCC(COC)NS(=O)(=O)Cc1ccc(CNC)cc1. The fourth-order valence-corrected chi connectivity index (χ4v) is 3.37. The van der Waals surface area contributed by atoms with E-state index in [4.69, 9.17) is 4.74 Å². The van der Waals surface area contributed by atoms with Crippen LogP contribution in [0.3, 0.4) is 0 Å². The molecule has 0 aliphatic rings. The highest BCUT2D eigenvalue weighted by molar-refractivity contribution is 7.88. The average Bonchev–Trinajstić information content (AvgIpc) is 2.40. The van der Waals surface area contributed by atoms with Crippen molar-refractivity contribution in [3.8, 4) is 0 Å². The summed E-state index contributed by atoms with van der Waals surface area (Å²) < 4.78 is 31.8. The van der Waals surface area contributed by atoms with Gasteiger partial charge in [-0.3, -0.25) is 0 Å². The zero-order valence-electron chi connectivity index (χ0n) is 12.3. The van der Waals surface area contributed by atoms with Gasteiger partial charge in [-0.05, 0) is 24.6 Å². The van der Waals surface area contributed by atoms with Crippen LogP contribution in [0.5, 0.6) is 0 Å². The Hall–Kier alpha value is -0.950. The first-order valence-electron chi connectivity index (χ1n) is 6.72. The highest BCUT2D eigenvalue weighted by atomic mass is 32.2. The lowest BCUT2D eigenvalue weighted by molar-refractivity contribution is 0.173. The van der Waals surface area contributed by atoms with Crippen molar-refractivity contribution in [3.05, 3.63) is 35.4 Å². The molecular formula is C14H24N2O3S. The van der Waals surface area contributed by atoms with Gasteiger partial charge >= 0.3 is 0 Å². The Morgan fingerprint density at radius 3 is 2.30 bits per heavy atom. The normalized spacial score (nSPS) is 13.3. The van der Waals surface area contributed by atoms with Crippen LogP contribution in [-0.4, -0.2) is 35.2 Å². The zero-order valence-corrected chi connectivity index (χ0v) is 13.2. The second-order valence-electron chi connectivity index (χ2n) is 4.78. The Morgan fingerprint density at radius 1 is 1.20 bits per heavy atom. The first-order chi connectivity index (χ1) is 9.50. The summed E-state index contributed by atoms with van der Waals surface area (Å²) in [7, 11) is 0.106. The molecule has 1 unspecified atom stereocenters. The number of sulfonamides is 1. The van der Waals surface area contributed by atoms with Crippen molar-refractivity contribution in [1.29, 1.82) is 0 Å². The molecule has 1 atom stereocenters. The third-order valence-electron chi connectivity index (χ3n) is 2.97. The van der Waals surface area contributed by atoms with Crippen LogP contribution in [0, 0.1) is 0 Å². The lowest BCUT2D eigenvalue weighted by Crippen LogP contribution is -2.38. The molecule has 0 aliphatic carbocycles. The van der Waals surface area contributed by atoms with E-state index in [9.17, 15) is 8.42 Å². The van der Waals surface area contributed by atoms with E-state index in [1.54, 1.807) is 7.11 Å². The summed E-state index contributed by atoms with van der Waals surface area (Å²) in [4.78, 5) is 0. The molecule has 0 saturated heterocycles. The van der Waals surface area contributed by atoms with E-state index < -0.39 is 10.0 Å². The fraction of sp³-hybridized carbons (Fsp3) is 0.571. The summed E-state index contributed by atoms with van der Waals surface area (Å²) in [5.74, 6) is -0.00690. The van der Waals surface area contributed by atoms with Gasteiger partial charge in [0.25, 0.3) is 0 Å². The summed E-state index contributed by atoms with van der Waals surface area (Å²) in [5.41, 5.74) is 1.91. The van der Waals surface area contributed by atoms with E-state index in [2.05, 4.69) is 10.0 Å². The van der Waals surface area contributed by atoms with Gasteiger partial charge in [0, 0.05) is 19.7 Å². The number of hydrogen-bond donors (Lipinski definition) is 2. The van der Waals surface area contributed by atoms with E-state index in [0.29, 0.717) is 13.0 Å². The zero-order chi connectivity index (χ0) is 15.0. The highest BCUT2D eigenvalue weighted by Crippen LogP contribution is 2.09. The molecule has 0 heterocycles. The fourth-order valence-electron chi connectivity index (χ4n) is 1.91. The smallest absolute Gasteiger partial charge is 0.216 e. The molecule has 0 amide bonds. The van der Waals surface area contributed by atoms with Gasteiger partial charge in [-0.15, -0.1) is 0 Å². The molecule has 6 heteroatoms. The van der Waals surface area contributed by atoms with Crippen molar-refractivity contribution in [2.45, 2.75) is 31.7 Å². The third kappa shape index (κ3) is 6.00. The summed E-state index contributed by atoms with van der Waals surface area (Å²) in [6.07, 6.45) is 0.703. The van der Waals surface area contributed by atoms with Crippen LogP contribution in [0.25, 0.3) is 0 Å². The molecule has 2 N–H and O–H groups in total. The maximum absolute atomic E-state index is 12.1. The van der Waals surface area contributed by atoms with Gasteiger partial charge in [0.15, 0.2) is 0 Å². The van der Waals surface area contributed by atoms with Crippen LogP contribution in [0.15, 0.2) is 24.3 Å². The van der Waals surface area contributed by atoms with Crippen LogP contribution in [-0.2, 0) is 27.1 Å². The van der Waals surface area contributed by atoms with Crippen molar-refractivity contribution >= 4 is 10.0 Å². The van der Waals surface area contributed by atoms with Crippen LogP contribution in [0.1, 0.15) is 24.5 Å². The second-order valence-corrected chi connectivity index (χ2v) is 6.54. The van der Waals surface area contributed by atoms with Crippen LogP contribution >= 0.6 is 0 Å². The van der Waals surface area contributed by atoms with Gasteiger partial charge in [0.1, 0.15) is 0 Å². The van der Waals surface area contributed by atoms with Gasteiger partial charge in [0.2, 0.25) is 10.0 Å². The van der Waals surface area contributed by atoms with E-state index in [-0.39, 0.29) is 11.8 Å². The molecule has 0 bridgehead atoms. The Morgan fingerprint density at radius 2 is 1.80 bits per heavy atom. The number of benzene rings is 1. The van der Waals surface area contributed by atoms with Gasteiger partial charge < -0.3 is 10.1 Å². The third-order valence-corrected chi connectivity index (χ3v) is 4.37. The monoisotopic (exact) mass is 300 g/mol. The molecule has 114 valence electrons. The molecule has 1 aromatic carbocycles. The molecule has 0 saturated carbocycles. The van der Waals surface area contributed by atoms with Crippen molar-refractivity contribution in [2.24, 2.45) is 0 Å². The molecule has 1 aromatic rings. The molecule has 0 spiro atoms. The minimum atomic E-state index is -3.34. The summed E-state index contributed by atoms with van der Waals surface area (Å²) in [6, 6.07) is 7.40. The van der Waals surface area contributed by atoms with Crippen LogP contribution < -0.4 is 10.0 Å². The predicted octanol–water partition coefficient (Wildman–Crippen LogP) is 1.25. The van der Waals surface area contributed by atoms with E-state index >= 15 is 0 Å². The number of ether oxygens (including phenoxy) is 1. The Balaban J connectivity index is 2.65. The largest absolute Gasteiger partial charge is 0.383 e. The Kier molecular flexibility index (Phi) is 7.15. The molecule has 0 aromatic heterocycles. The highest BCUT2D eigenvalue weighted by Gasteiger charge is 2.17. The lowest BCUT2D eigenvalue weighted by atomic mass is 10.1. The maximum Gasteiger partial charge on any atom is 0.216 e. The predicted molar refractivity (Wildman–Crippen MR) is 80.9 cm³/mol. The van der Waals surface area contributed by atoms with Gasteiger partial charge in [-0.1, -0.05) is 31.2 Å². The molecule has 5 nitrogen and oxygen atoms in total. The van der Waals surface area contributed by atoms with Crippen LogP contribution in [0.4, 0.5) is 0 Å². The average molecular weight is 300 g/mol. The molecule has 0 fully saturated rings. The van der Waals surface area contributed by atoms with Gasteiger partial charge in [-0.25, -0.2) is 13.1 Å². The van der Waals surface area contributed by atoms with Crippen molar-refractivity contribution in [2.75, 3.05) is 20.8 Å². The minimum Gasteiger partial charge on any atom is -0.383 e. The number of nitrogens with one attached hydrogen (secondary N) is 2. The molecule has 0 radical (unpaired) electrons. The topological polar surface area (TPSA) is 67.4 Å². The summed E-state index contributed by atoms with van der Waals surface area (Å²) >= 11 is 0. The molecular weight excluding hydrogens is 276 g/mol. The Labute approximate surface area is 121 Å². The number of hydrogen-bond acceptors (Lipinski definition) is 4. The van der Waals surface area contributed by atoms with Crippen LogP contribution in [0.2, 0.25) is 0 Å². The number of methoxy groups -OCH3 is 1. The molecule has 20 heavy (non-hydrogen) atoms. The first kappa shape index (κ1) is 17.1. The summed E-state index contributed by atoms with van der Waals surface area (Å²) in [6.45, 7) is 3.09. The summed E-state index contributed by atoms with van der Waals surface area (Å²) in [5, 5.41) is 3.05. The van der Waals surface area contributed by atoms with Crippen molar-refractivity contribution < 1.29 is 13.2 Å². The van der Waals surface area contributed by atoms with Crippen molar-refractivity contribution in [1.82, 2.24) is 10.0 Å². The quantitative estimate of drug-likeness (QED) is 0.720.